The predicted molar refractivity (Wildman–Crippen MR) is 82.5 cm³/mol. The molecule has 2 aliphatic carbocycles. The van der Waals surface area contributed by atoms with Gasteiger partial charge in [0.15, 0.2) is 0 Å². The maximum absolute atomic E-state index is 2.49. The number of benzene rings is 1. The van der Waals surface area contributed by atoms with E-state index in [1.165, 1.54) is 37.7 Å². The first-order valence-electron chi connectivity index (χ1n) is 7.90. The Hall–Kier alpha value is -1.04. The Bertz CT molecular complexity index is 495. The summed E-state index contributed by atoms with van der Waals surface area (Å²) in [4.78, 5) is 0. The summed E-state index contributed by atoms with van der Waals surface area (Å²) in [5.41, 5.74) is 6.19. The van der Waals surface area contributed by atoms with Gasteiger partial charge >= 0.3 is 0 Å². The van der Waals surface area contributed by atoms with Gasteiger partial charge in [-0.1, -0.05) is 36.8 Å². The van der Waals surface area contributed by atoms with Crippen molar-refractivity contribution < 1.29 is 0 Å². The second-order valence-electron chi connectivity index (χ2n) is 6.88. The van der Waals surface area contributed by atoms with E-state index in [0.29, 0.717) is 5.92 Å². The molecule has 0 nitrogen and oxygen atoms in total. The summed E-state index contributed by atoms with van der Waals surface area (Å²) in [7, 11) is 0. The lowest BCUT2D eigenvalue weighted by Crippen LogP contribution is -2.04. The van der Waals surface area contributed by atoms with Crippen molar-refractivity contribution in [3.63, 3.8) is 0 Å². The lowest BCUT2D eigenvalue weighted by molar-refractivity contribution is 0.630. The second-order valence-corrected chi connectivity index (χ2v) is 6.88. The fourth-order valence-electron chi connectivity index (χ4n) is 3.62. The molecule has 0 aliphatic heterocycles. The zero-order chi connectivity index (χ0) is 13.4. The standard InChI is InChI=1S/C19H26/c1-13-5-4-6-17(9-13)19-8-7-16(10-15(19)3)12-18-11-14(18)2/h7-10,14,17-18H,4-6,11-12H2,1-3H3. The van der Waals surface area contributed by atoms with E-state index in [4.69, 9.17) is 0 Å². The van der Waals surface area contributed by atoms with E-state index in [1.807, 2.05) is 0 Å². The largest absolute Gasteiger partial charge is 0.0781 e. The van der Waals surface area contributed by atoms with Crippen molar-refractivity contribution in [1.29, 1.82) is 0 Å². The first-order valence-corrected chi connectivity index (χ1v) is 7.90. The summed E-state index contributed by atoms with van der Waals surface area (Å²) in [6.07, 6.45) is 9.21. The van der Waals surface area contributed by atoms with Crippen LogP contribution in [0.5, 0.6) is 0 Å². The van der Waals surface area contributed by atoms with Gasteiger partial charge in [-0.15, -0.1) is 0 Å². The fourth-order valence-corrected chi connectivity index (χ4v) is 3.62. The molecular formula is C19H26. The topological polar surface area (TPSA) is 0 Å². The van der Waals surface area contributed by atoms with Crippen LogP contribution in [0.4, 0.5) is 0 Å². The molecule has 102 valence electrons. The van der Waals surface area contributed by atoms with Crippen molar-refractivity contribution in [2.24, 2.45) is 11.8 Å². The number of rotatable bonds is 3. The number of aryl methyl sites for hydroxylation is 1. The van der Waals surface area contributed by atoms with Gasteiger partial charge in [-0.05, 0) is 74.5 Å². The minimum absolute atomic E-state index is 0.669. The molecule has 0 saturated heterocycles. The van der Waals surface area contributed by atoms with Crippen LogP contribution in [0.2, 0.25) is 0 Å². The van der Waals surface area contributed by atoms with Gasteiger partial charge in [0.05, 0.1) is 0 Å². The molecule has 3 atom stereocenters. The Morgan fingerprint density at radius 1 is 1.21 bits per heavy atom. The molecule has 0 bridgehead atoms. The van der Waals surface area contributed by atoms with Crippen LogP contribution in [0, 0.1) is 18.8 Å². The lowest BCUT2D eigenvalue weighted by Gasteiger charge is -2.22. The van der Waals surface area contributed by atoms with Crippen LogP contribution in [0.15, 0.2) is 29.8 Å². The molecule has 2 aliphatic rings. The summed E-state index contributed by atoms with van der Waals surface area (Å²) < 4.78 is 0. The Labute approximate surface area is 117 Å². The van der Waals surface area contributed by atoms with Gasteiger partial charge < -0.3 is 0 Å². The highest BCUT2D eigenvalue weighted by Crippen LogP contribution is 2.41. The zero-order valence-electron chi connectivity index (χ0n) is 12.6. The van der Waals surface area contributed by atoms with Crippen molar-refractivity contribution in [2.75, 3.05) is 0 Å². The minimum Gasteiger partial charge on any atom is -0.0781 e. The average Bonchev–Trinajstić information content (AvgIpc) is 3.05. The SMILES string of the molecule is CC1=CC(c2ccc(CC3CC3C)cc2C)CCC1. The van der Waals surface area contributed by atoms with Gasteiger partial charge in [0.1, 0.15) is 0 Å². The maximum Gasteiger partial charge on any atom is 0.00232 e. The van der Waals surface area contributed by atoms with Gasteiger partial charge in [0, 0.05) is 5.92 Å². The average molecular weight is 254 g/mol. The predicted octanol–water partition coefficient (Wildman–Crippen LogP) is 5.41. The van der Waals surface area contributed by atoms with Crippen LogP contribution in [-0.4, -0.2) is 0 Å². The molecule has 0 radical (unpaired) electrons. The van der Waals surface area contributed by atoms with Crippen LogP contribution in [0.1, 0.15) is 62.1 Å². The summed E-state index contributed by atoms with van der Waals surface area (Å²) in [5.74, 6) is 2.59. The Kier molecular flexibility index (Phi) is 3.52. The molecule has 1 fully saturated rings. The smallest absolute Gasteiger partial charge is 0.00232 e. The van der Waals surface area contributed by atoms with Crippen molar-refractivity contribution in [3.05, 3.63) is 46.5 Å². The van der Waals surface area contributed by atoms with E-state index in [0.717, 1.165) is 11.8 Å². The molecule has 1 aromatic carbocycles. The molecule has 1 saturated carbocycles. The van der Waals surface area contributed by atoms with Gasteiger partial charge in [0.25, 0.3) is 0 Å². The molecule has 1 aromatic rings. The van der Waals surface area contributed by atoms with E-state index >= 15 is 0 Å². The van der Waals surface area contributed by atoms with Gasteiger partial charge in [-0.2, -0.15) is 0 Å². The van der Waals surface area contributed by atoms with Crippen molar-refractivity contribution in [3.8, 4) is 0 Å². The van der Waals surface area contributed by atoms with Gasteiger partial charge in [0.2, 0.25) is 0 Å². The Morgan fingerprint density at radius 2 is 2.00 bits per heavy atom. The van der Waals surface area contributed by atoms with Gasteiger partial charge in [-0.25, -0.2) is 0 Å². The zero-order valence-corrected chi connectivity index (χ0v) is 12.6. The van der Waals surface area contributed by atoms with E-state index in [2.05, 4.69) is 45.0 Å². The highest BCUT2D eigenvalue weighted by Gasteiger charge is 2.32. The van der Waals surface area contributed by atoms with Crippen molar-refractivity contribution in [1.82, 2.24) is 0 Å². The molecule has 0 spiro atoms. The van der Waals surface area contributed by atoms with E-state index in [-0.39, 0.29) is 0 Å². The summed E-state index contributed by atoms with van der Waals surface area (Å²) in [5, 5.41) is 0. The first kappa shape index (κ1) is 13.0. The van der Waals surface area contributed by atoms with Crippen LogP contribution in [0.3, 0.4) is 0 Å². The molecule has 0 heterocycles. The maximum atomic E-state index is 2.49. The quantitative estimate of drug-likeness (QED) is 0.633. The summed E-state index contributed by atoms with van der Waals surface area (Å²) >= 11 is 0. The molecule has 3 unspecified atom stereocenters. The Balaban J connectivity index is 1.77. The third-order valence-electron chi connectivity index (χ3n) is 5.08. The molecule has 0 amide bonds. The lowest BCUT2D eigenvalue weighted by atomic mass is 9.83. The number of allylic oxidation sites excluding steroid dienone is 2. The monoisotopic (exact) mass is 254 g/mol. The summed E-state index contributed by atoms with van der Waals surface area (Å²) in [6, 6.07) is 7.22. The second kappa shape index (κ2) is 5.15. The van der Waals surface area contributed by atoms with E-state index < -0.39 is 0 Å². The highest BCUT2D eigenvalue weighted by atomic mass is 14.4. The number of hydrogen-bond donors (Lipinski definition) is 0. The van der Waals surface area contributed by atoms with Gasteiger partial charge in [-0.3, -0.25) is 0 Å². The molecular weight excluding hydrogens is 228 g/mol. The first-order chi connectivity index (χ1) is 9.13. The summed E-state index contributed by atoms with van der Waals surface area (Å²) in [6.45, 7) is 6.96. The third kappa shape index (κ3) is 2.94. The van der Waals surface area contributed by atoms with Crippen molar-refractivity contribution >= 4 is 0 Å². The van der Waals surface area contributed by atoms with Crippen LogP contribution in [0.25, 0.3) is 0 Å². The minimum atomic E-state index is 0.669. The van der Waals surface area contributed by atoms with Crippen molar-refractivity contribution in [2.45, 2.75) is 58.8 Å². The molecule has 3 rings (SSSR count). The molecule has 0 aromatic heterocycles. The molecule has 0 N–H and O–H groups in total. The third-order valence-corrected chi connectivity index (χ3v) is 5.08. The number of hydrogen-bond acceptors (Lipinski definition) is 0. The molecule has 19 heavy (non-hydrogen) atoms. The fraction of sp³-hybridized carbons (Fsp3) is 0.579. The van der Waals surface area contributed by atoms with Crippen LogP contribution < -0.4 is 0 Å². The Morgan fingerprint density at radius 3 is 2.63 bits per heavy atom. The van der Waals surface area contributed by atoms with E-state index in [9.17, 15) is 0 Å². The highest BCUT2D eigenvalue weighted by molar-refractivity contribution is 5.37. The van der Waals surface area contributed by atoms with Crippen LogP contribution in [-0.2, 0) is 6.42 Å². The molecule has 0 heteroatoms. The van der Waals surface area contributed by atoms with E-state index in [1.54, 1.807) is 16.7 Å². The normalized spacial score (nSPS) is 30.1. The van der Waals surface area contributed by atoms with Crippen LogP contribution >= 0.6 is 0 Å².